The average Bonchev–Trinajstić information content (AvgIpc) is 4.21. The van der Waals surface area contributed by atoms with Gasteiger partial charge in [0.1, 0.15) is 0 Å². The molecule has 0 saturated heterocycles. The quantitative estimate of drug-likeness (QED) is 0.0817. The molecule has 0 saturated carbocycles. The largest absolute Gasteiger partial charge is 2.00 e. The minimum Gasteiger partial charge on any atom is -0.657 e. The fourth-order valence-electron chi connectivity index (χ4n) is 7.41. The van der Waals surface area contributed by atoms with Gasteiger partial charge in [-0.3, -0.25) is 4.79 Å². The fourth-order valence-corrected chi connectivity index (χ4v) is 7.41. The summed E-state index contributed by atoms with van der Waals surface area (Å²) in [6.45, 7) is 1.08. The maximum absolute atomic E-state index is 15.8. The van der Waals surface area contributed by atoms with Crippen molar-refractivity contribution in [3.8, 4) is 44.5 Å². The molecule has 8 bridgehead atoms. The van der Waals surface area contributed by atoms with E-state index in [9.17, 15) is 52.7 Å². The zero-order valence-electron chi connectivity index (χ0n) is 34.7. The second-order valence-electron chi connectivity index (χ2n) is 14.7. The summed E-state index contributed by atoms with van der Waals surface area (Å²) in [4.78, 5) is 24.6. The van der Waals surface area contributed by atoms with Crippen LogP contribution in [0.5, 0.6) is 0 Å². The Balaban J connectivity index is 0.00000151. The molecule has 6 nitrogen and oxygen atoms in total. The molecule has 27 heteroatoms. The van der Waals surface area contributed by atoms with Gasteiger partial charge in [0, 0.05) is 6.92 Å². The normalized spacial score (nSPS) is 11.8. The van der Waals surface area contributed by atoms with Crippen LogP contribution in [0.1, 0.15) is 29.7 Å². The van der Waals surface area contributed by atoms with E-state index in [0.717, 1.165) is 6.92 Å². The van der Waals surface area contributed by atoms with Gasteiger partial charge < -0.3 is 15.1 Å². The molecular formula is C46H12F20MnN4O2. The summed E-state index contributed by atoms with van der Waals surface area (Å²) in [5.74, 6) is -53.9. The van der Waals surface area contributed by atoms with Crippen LogP contribution in [-0.4, -0.2) is 21.0 Å². The predicted molar refractivity (Wildman–Crippen MR) is 211 cm³/mol. The van der Waals surface area contributed by atoms with Crippen LogP contribution in [-0.2, 0) is 21.9 Å². The smallest absolute Gasteiger partial charge is 0.657 e. The van der Waals surface area contributed by atoms with E-state index < -0.39 is 212 Å². The van der Waals surface area contributed by atoms with Crippen molar-refractivity contribution in [1.82, 2.24) is 19.9 Å². The first-order chi connectivity index (χ1) is 33.8. The molecule has 3 aromatic heterocycles. The van der Waals surface area contributed by atoms with E-state index in [1.54, 1.807) is 0 Å². The molecule has 0 amide bonds. The number of rotatable bonds is 4. The summed E-state index contributed by atoms with van der Waals surface area (Å²) in [7, 11) is 0. The number of carbonyl (C=O) groups is 1. The van der Waals surface area contributed by atoms with Crippen LogP contribution in [0.15, 0.2) is 24.3 Å². The Morgan fingerprint density at radius 1 is 0.315 bits per heavy atom. The number of benzene rings is 4. The molecule has 5 heterocycles. The van der Waals surface area contributed by atoms with Gasteiger partial charge in [-0.1, -0.05) is 24.3 Å². The number of aromatic nitrogens is 4. The molecule has 2 aliphatic heterocycles. The maximum Gasteiger partial charge on any atom is 2.00 e. The van der Waals surface area contributed by atoms with Gasteiger partial charge in [0.2, 0.25) is 23.3 Å². The maximum atomic E-state index is 15.8. The first-order valence-corrected chi connectivity index (χ1v) is 19.1. The second-order valence-corrected chi connectivity index (χ2v) is 14.7. The van der Waals surface area contributed by atoms with Crippen LogP contribution in [0.2, 0.25) is 0 Å². The molecule has 7 aromatic rings. The standard InChI is InChI=1S/C44H8F20N4.C2H4O2.Mn/c45-25-21(26(46)34(54)41(61)33(25)53)17-9-1-2-10(65-9)18(22-27(47)35(55)42(62)36(56)28(22)48)12-5-6-14(67-12)20(24-31(51)39(59)44(64)40(60)32(24)52)16-8-7-15(68-16)19(13-4-3-11(17)66-13)23-29(49)37(57)43(63)38(58)30(23)50;1-2(3)4;/h1-8H;1H3,(H,3,4);/q-2;;+2. The Labute approximate surface area is 401 Å². The molecule has 0 atom stereocenters. The van der Waals surface area contributed by atoms with Gasteiger partial charge in [0.05, 0.1) is 45.0 Å². The predicted octanol–water partition coefficient (Wildman–Crippen LogP) is 13.5. The molecular weight excluding hydrogens is 1080 g/mol. The van der Waals surface area contributed by atoms with E-state index in [4.69, 9.17) is 9.90 Å². The molecule has 375 valence electrons. The van der Waals surface area contributed by atoms with E-state index in [1.165, 1.54) is 0 Å². The Bertz CT molecular complexity index is 3240. The molecule has 1 radical (unpaired) electrons. The van der Waals surface area contributed by atoms with E-state index >= 15 is 35.1 Å². The van der Waals surface area contributed by atoms with Gasteiger partial charge in [-0.2, -0.15) is 0 Å². The average molecular weight is 1090 g/mol. The van der Waals surface area contributed by atoms with Crippen molar-refractivity contribution in [1.29, 1.82) is 0 Å². The van der Waals surface area contributed by atoms with Gasteiger partial charge in [-0.25, -0.2) is 97.8 Å². The number of fused-ring (bicyclic) bond motifs is 8. The molecule has 73 heavy (non-hydrogen) atoms. The second kappa shape index (κ2) is 19.2. The number of halogens is 20. The molecule has 0 fully saturated rings. The molecule has 0 unspecified atom stereocenters. The van der Waals surface area contributed by atoms with Crippen molar-refractivity contribution in [2.75, 3.05) is 0 Å². The SMILES string of the molecule is CC(=O)O.Fc1c(F)c(F)c(-c2c3nc(c(-c4c(F)c(F)c(F)c(F)c4F)c4ccc([n-]4)c(-c4c(F)c(F)c(F)c(F)c4F)c4nc(c(-c5c(F)c(F)c(F)c(F)c5F)c5ccc2[n-]5)C=C4)C=C3)c(F)c1F.[Mn+2]. The Hall–Kier alpha value is -7.93. The Morgan fingerprint density at radius 2 is 0.452 bits per heavy atom. The van der Waals surface area contributed by atoms with Crippen molar-refractivity contribution in [3.63, 3.8) is 0 Å². The Kier molecular flexibility index (Phi) is 13.9. The van der Waals surface area contributed by atoms with E-state index in [1.807, 2.05) is 0 Å². The molecule has 1 N–H and O–H groups in total. The summed E-state index contributed by atoms with van der Waals surface area (Å²) >= 11 is 0. The van der Waals surface area contributed by atoms with Crippen LogP contribution in [0.3, 0.4) is 0 Å². The van der Waals surface area contributed by atoms with Gasteiger partial charge in [0.25, 0.3) is 5.97 Å². The number of hydrogen-bond acceptors (Lipinski definition) is 3. The minimum absolute atomic E-state index is 0. The van der Waals surface area contributed by atoms with Crippen molar-refractivity contribution >= 4 is 52.3 Å². The zero-order valence-corrected chi connectivity index (χ0v) is 35.9. The van der Waals surface area contributed by atoms with Gasteiger partial charge in [-0.15, -0.1) is 22.1 Å². The summed E-state index contributed by atoms with van der Waals surface area (Å²) < 4.78 is 303. The van der Waals surface area contributed by atoms with Crippen LogP contribution < -0.4 is 9.97 Å². The van der Waals surface area contributed by atoms with Crippen molar-refractivity contribution in [3.05, 3.63) is 163 Å². The topological polar surface area (TPSA) is 91.3 Å². The number of carboxylic acid groups (broad SMARTS) is 1. The van der Waals surface area contributed by atoms with E-state index in [0.29, 0.717) is 48.6 Å². The first kappa shape index (κ1) is 52.9. The van der Waals surface area contributed by atoms with Gasteiger partial charge in [0.15, 0.2) is 93.1 Å². The van der Waals surface area contributed by atoms with Crippen LogP contribution in [0.25, 0.3) is 90.9 Å². The molecule has 0 spiro atoms. The van der Waals surface area contributed by atoms with Crippen LogP contribution in [0.4, 0.5) is 87.8 Å². The summed E-state index contributed by atoms with van der Waals surface area (Å²) in [6, 6.07) is 2.26. The summed E-state index contributed by atoms with van der Waals surface area (Å²) in [5.41, 5.74) is -21.6. The fraction of sp³-hybridized carbons (Fsp3) is 0.0217. The number of nitrogens with zero attached hydrogens (tertiary/aromatic N) is 4. The van der Waals surface area contributed by atoms with Crippen molar-refractivity contribution < 1.29 is 115 Å². The van der Waals surface area contributed by atoms with Crippen LogP contribution in [0, 0.1) is 116 Å². The Morgan fingerprint density at radius 3 is 0.603 bits per heavy atom. The third-order valence-corrected chi connectivity index (χ3v) is 10.4. The van der Waals surface area contributed by atoms with Crippen LogP contribution >= 0.6 is 0 Å². The van der Waals surface area contributed by atoms with E-state index in [-0.39, 0.29) is 17.1 Å². The number of aliphatic carboxylic acids is 1. The van der Waals surface area contributed by atoms with Gasteiger partial charge >= 0.3 is 17.1 Å². The number of hydrogen-bond donors (Lipinski definition) is 1. The molecule has 2 aliphatic rings. The van der Waals surface area contributed by atoms with Crippen molar-refractivity contribution in [2.45, 2.75) is 6.92 Å². The minimum atomic E-state index is -2.73. The molecule has 0 aliphatic carbocycles. The van der Waals surface area contributed by atoms with Crippen molar-refractivity contribution in [2.24, 2.45) is 0 Å². The zero-order chi connectivity index (χ0) is 52.8. The van der Waals surface area contributed by atoms with E-state index in [2.05, 4.69) is 19.9 Å². The third kappa shape index (κ3) is 8.34. The number of carboxylic acids is 1. The third-order valence-electron chi connectivity index (χ3n) is 10.4. The molecule has 4 aromatic carbocycles. The summed E-state index contributed by atoms with van der Waals surface area (Å²) in [6.07, 6.45) is 2.26. The first-order valence-electron chi connectivity index (χ1n) is 19.1. The monoisotopic (exact) mass is 1090 g/mol. The summed E-state index contributed by atoms with van der Waals surface area (Å²) in [5, 5.41) is 7.42. The molecule has 9 rings (SSSR count). The van der Waals surface area contributed by atoms with Gasteiger partial charge in [-0.05, 0) is 46.6 Å².